The third-order valence-electron chi connectivity index (χ3n) is 3.65. The van der Waals surface area contributed by atoms with Crippen molar-refractivity contribution >= 4 is 11.6 Å². The summed E-state index contributed by atoms with van der Waals surface area (Å²) in [6.07, 6.45) is -2.56. The molecule has 1 aliphatic rings. The van der Waals surface area contributed by atoms with E-state index in [2.05, 4.69) is 16.9 Å². The molecule has 0 aliphatic carbocycles. The van der Waals surface area contributed by atoms with Crippen LogP contribution in [-0.4, -0.2) is 22.6 Å². The molecule has 0 radical (unpaired) electrons. The molecular weight excluding hydrogens is 257 g/mol. The van der Waals surface area contributed by atoms with E-state index >= 15 is 0 Å². The van der Waals surface area contributed by atoms with E-state index in [0.717, 1.165) is 12.8 Å². The molecule has 19 heavy (non-hydrogen) atoms. The SMILES string of the molecule is CC1CCCN(c2cc(N)nc(C(F)(F)F)n2)C1C. The molecule has 0 bridgehead atoms. The minimum absolute atomic E-state index is 0.143. The molecule has 2 rings (SSSR count). The van der Waals surface area contributed by atoms with Crippen LogP contribution in [-0.2, 0) is 6.18 Å². The van der Waals surface area contributed by atoms with Crippen molar-refractivity contribution in [2.24, 2.45) is 5.92 Å². The molecule has 1 aliphatic heterocycles. The Morgan fingerprint density at radius 3 is 2.63 bits per heavy atom. The van der Waals surface area contributed by atoms with Crippen molar-refractivity contribution < 1.29 is 13.2 Å². The number of nitrogens with two attached hydrogens (primary N) is 1. The maximum Gasteiger partial charge on any atom is 0.451 e. The summed E-state index contributed by atoms with van der Waals surface area (Å²) in [5.41, 5.74) is 5.47. The number of hydrogen-bond acceptors (Lipinski definition) is 4. The smallest absolute Gasteiger partial charge is 0.384 e. The van der Waals surface area contributed by atoms with Gasteiger partial charge in [-0.05, 0) is 25.7 Å². The first-order valence-electron chi connectivity index (χ1n) is 6.27. The lowest BCUT2D eigenvalue weighted by Gasteiger charge is -2.38. The van der Waals surface area contributed by atoms with Crippen LogP contribution in [0.5, 0.6) is 0 Å². The van der Waals surface area contributed by atoms with Crippen LogP contribution >= 0.6 is 0 Å². The number of rotatable bonds is 1. The second-order valence-corrected chi connectivity index (χ2v) is 5.03. The molecule has 1 aromatic rings. The minimum Gasteiger partial charge on any atom is -0.384 e. The number of hydrogen-bond donors (Lipinski definition) is 1. The zero-order chi connectivity index (χ0) is 14.2. The number of anilines is 2. The van der Waals surface area contributed by atoms with E-state index in [1.54, 1.807) is 0 Å². The van der Waals surface area contributed by atoms with E-state index < -0.39 is 12.0 Å². The third-order valence-corrected chi connectivity index (χ3v) is 3.65. The van der Waals surface area contributed by atoms with Gasteiger partial charge in [0.1, 0.15) is 11.6 Å². The van der Waals surface area contributed by atoms with Gasteiger partial charge >= 0.3 is 6.18 Å². The number of nitrogen functional groups attached to an aromatic ring is 1. The van der Waals surface area contributed by atoms with Crippen LogP contribution in [0.4, 0.5) is 24.8 Å². The first kappa shape index (κ1) is 13.9. The van der Waals surface area contributed by atoms with Crippen molar-refractivity contribution in [2.45, 2.75) is 38.9 Å². The van der Waals surface area contributed by atoms with Gasteiger partial charge in [-0.15, -0.1) is 0 Å². The number of nitrogens with zero attached hydrogens (tertiary/aromatic N) is 3. The number of aromatic nitrogens is 2. The average Bonchev–Trinajstić information content (AvgIpc) is 2.31. The Morgan fingerprint density at radius 2 is 2.00 bits per heavy atom. The van der Waals surface area contributed by atoms with E-state index in [1.165, 1.54) is 6.07 Å². The molecule has 0 saturated carbocycles. The highest BCUT2D eigenvalue weighted by Crippen LogP contribution is 2.31. The van der Waals surface area contributed by atoms with Gasteiger partial charge in [0.25, 0.3) is 0 Å². The van der Waals surface area contributed by atoms with E-state index in [-0.39, 0.29) is 17.7 Å². The Morgan fingerprint density at radius 1 is 1.32 bits per heavy atom. The quantitative estimate of drug-likeness (QED) is 0.855. The molecule has 2 heterocycles. The van der Waals surface area contributed by atoms with Crippen molar-refractivity contribution in [3.8, 4) is 0 Å². The first-order valence-corrected chi connectivity index (χ1v) is 6.27. The van der Waals surface area contributed by atoms with Crippen molar-refractivity contribution in [1.29, 1.82) is 0 Å². The van der Waals surface area contributed by atoms with Gasteiger partial charge in [0.15, 0.2) is 0 Å². The van der Waals surface area contributed by atoms with Crippen molar-refractivity contribution in [3.05, 3.63) is 11.9 Å². The summed E-state index contributed by atoms with van der Waals surface area (Å²) in [7, 11) is 0. The van der Waals surface area contributed by atoms with Gasteiger partial charge in [-0.3, -0.25) is 0 Å². The van der Waals surface area contributed by atoms with E-state index in [0.29, 0.717) is 12.5 Å². The number of piperidine rings is 1. The molecule has 4 nitrogen and oxygen atoms in total. The normalized spacial score (nSPS) is 24.6. The highest BCUT2D eigenvalue weighted by molar-refractivity contribution is 5.48. The standard InChI is InChI=1S/C12H17F3N4/c1-7-4-3-5-19(8(7)2)10-6-9(16)17-11(18-10)12(13,14)15/h6-8H,3-5H2,1-2H3,(H2,16,17,18). The van der Waals surface area contributed by atoms with Gasteiger partial charge in [-0.25, -0.2) is 9.97 Å². The fraction of sp³-hybridized carbons (Fsp3) is 0.667. The van der Waals surface area contributed by atoms with Crippen molar-refractivity contribution in [3.63, 3.8) is 0 Å². The molecule has 0 aromatic carbocycles. The molecule has 1 aromatic heterocycles. The molecule has 106 valence electrons. The lowest BCUT2D eigenvalue weighted by atomic mass is 9.92. The largest absolute Gasteiger partial charge is 0.451 e. The summed E-state index contributed by atoms with van der Waals surface area (Å²) in [4.78, 5) is 8.76. The van der Waals surface area contributed by atoms with Crippen molar-refractivity contribution in [2.75, 3.05) is 17.2 Å². The van der Waals surface area contributed by atoms with Crippen LogP contribution in [0.25, 0.3) is 0 Å². The molecule has 2 atom stereocenters. The van der Waals surface area contributed by atoms with Gasteiger partial charge in [0.05, 0.1) is 0 Å². The maximum absolute atomic E-state index is 12.7. The van der Waals surface area contributed by atoms with Crippen LogP contribution in [0, 0.1) is 5.92 Å². The molecule has 0 spiro atoms. The fourth-order valence-corrected chi connectivity index (χ4v) is 2.39. The summed E-state index contributed by atoms with van der Waals surface area (Å²) in [6.45, 7) is 4.78. The predicted molar refractivity (Wildman–Crippen MR) is 66.7 cm³/mol. The Hall–Kier alpha value is -1.53. The van der Waals surface area contributed by atoms with Crippen LogP contribution in [0.3, 0.4) is 0 Å². The molecular formula is C12H17F3N4. The molecule has 0 amide bonds. The fourth-order valence-electron chi connectivity index (χ4n) is 2.39. The molecule has 1 fully saturated rings. The highest BCUT2D eigenvalue weighted by atomic mass is 19.4. The zero-order valence-electron chi connectivity index (χ0n) is 10.9. The highest BCUT2D eigenvalue weighted by Gasteiger charge is 2.36. The maximum atomic E-state index is 12.7. The Labute approximate surface area is 109 Å². The van der Waals surface area contributed by atoms with Crippen LogP contribution in [0.2, 0.25) is 0 Å². The van der Waals surface area contributed by atoms with E-state index in [1.807, 2.05) is 11.8 Å². The summed E-state index contributed by atoms with van der Waals surface area (Å²) < 4.78 is 38.1. The molecule has 7 heteroatoms. The van der Waals surface area contributed by atoms with E-state index in [4.69, 9.17) is 5.73 Å². The number of alkyl halides is 3. The summed E-state index contributed by atoms with van der Waals surface area (Å²) >= 11 is 0. The molecule has 2 unspecified atom stereocenters. The molecule has 2 N–H and O–H groups in total. The van der Waals surface area contributed by atoms with Gasteiger partial charge in [0.2, 0.25) is 5.82 Å². The summed E-state index contributed by atoms with van der Waals surface area (Å²) in [5, 5.41) is 0. The monoisotopic (exact) mass is 274 g/mol. The summed E-state index contributed by atoms with van der Waals surface area (Å²) in [6, 6.07) is 1.55. The van der Waals surface area contributed by atoms with Gasteiger partial charge in [0, 0.05) is 18.7 Å². The van der Waals surface area contributed by atoms with Crippen LogP contribution < -0.4 is 10.6 Å². The van der Waals surface area contributed by atoms with Gasteiger partial charge < -0.3 is 10.6 Å². The van der Waals surface area contributed by atoms with Gasteiger partial charge in [-0.1, -0.05) is 6.92 Å². The number of halogens is 3. The second kappa shape index (κ2) is 4.86. The average molecular weight is 274 g/mol. The zero-order valence-corrected chi connectivity index (χ0v) is 10.9. The van der Waals surface area contributed by atoms with Crippen LogP contribution in [0.1, 0.15) is 32.5 Å². The second-order valence-electron chi connectivity index (χ2n) is 5.03. The minimum atomic E-state index is -4.57. The van der Waals surface area contributed by atoms with Crippen LogP contribution in [0.15, 0.2) is 6.07 Å². The van der Waals surface area contributed by atoms with E-state index in [9.17, 15) is 13.2 Å². The third kappa shape index (κ3) is 2.90. The first-order chi connectivity index (χ1) is 8.79. The Kier molecular flexibility index (Phi) is 3.56. The Bertz CT molecular complexity index is 461. The van der Waals surface area contributed by atoms with Crippen molar-refractivity contribution in [1.82, 2.24) is 9.97 Å². The lowest BCUT2D eigenvalue weighted by Crippen LogP contribution is -2.43. The summed E-state index contributed by atoms with van der Waals surface area (Å²) in [5.74, 6) is -0.645. The Balaban J connectivity index is 2.36. The topological polar surface area (TPSA) is 55.0 Å². The predicted octanol–water partition coefficient (Wildman–Crippen LogP) is 2.70. The van der Waals surface area contributed by atoms with Gasteiger partial charge in [-0.2, -0.15) is 13.2 Å². The lowest BCUT2D eigenvalue weighted by molar-refractivity contribution is -0.144. The molecule has 1 saturated heterocycles.